The van der Waals surface area contributed by atoms with Gasteiger partial charge in [0.25, 0.3) is 0 Å². The molecule has 17 heavy (non-hydrogen) atoms. The Balaban J connectivity index is 1.73. The number of hydrogen-bond acceptors (Lipinski definition) is 4. The SMILES string of the molecule is CN1CCNCC1CC1(c2ccco2)COC1. The molecule has 2 saturated heterocycles. The first-order valence-electron chi connectivity index (χ1n) is 6.33. The monoisotopic (exact) mass is 236 g/mol. The first kappa shape index (κ1) is 11.3. The molecule has 4 heteroatoms. The molecule has 1 atom stereocenters. The fourth-order valence-corrected chi connectivity index (χ4v) is 2.83. The number of furan rings is 1. The lowest BCUT2D eigenvalue weighted by atomic mass is 9.77. The summed E-state index contributed by atoms with van der Waals surface area (Å²) in [6.07, 6.45) is 2.88. The van der Waals surface area contributed by atoms with E-state index in [9.17, 15) is 0 Å². The van der Waals surface area contributed by atoms with Crippen LogP contribution in [0.2, 0.25) is 0 Å². The third-order valence-electron chi connectivity index (χ3n) is 4.07. The van der Waals surface area contributed by atoms with Crippen molar-refractivity contribution in [3.8, 4) is 0 Å². The highest BCUT2D eigenvalue weighted by atomic mass is 16.5. The Morgan fingerprint density at radius 3 is 3.00 bits per heavy atom. The van der Waals surface area contributed by atoms with Gasteiger partial charge in [0.05, 0.1) is 24.9 Å². The van der Waals surface area contributed by atoms with Crippen molar-refractivity contribution in [3.63, 3.8) is 0 Å². The molecule has 0 aliphatic carbocycles. The van der Waals surface area contributed by atoms with Crippen molar-refractivity contribution in [2.24, 2.45) is 0 Å². The number of nitrogens with zero attached hydrogens (tertiary/aromatic N) is 1. The molecule has 0 bridgehead atoms. The first-order valence-corrected chi connectivity index (χ1v) is 6.33. The van der Waals surface area contributed by atoms with E-state index in [1.54, 1.807) is 6.26 Å². The Morgan fingerprint density at radius 1 is 1.53 bits per heavy atom. The number of piperazine rings is 1. The number of rotatable bonds is 3. The predicted molar refractivity (Wildman–Crippen MR) is 65.1 cm³/mol. The summed E-state index contributed by atoms with van der Waals surface area (Å²) in [6, 6.07) is 4.63. The van der Waals surface area contributed by atoms with Crippen LogP contribution < -0.4 is 5.32 Å². The molecule has 0 saturated carbocycles. The van der Waals surface area contributed by atoms with Gasteiger partial charge in [-0.1, -0.05) is 0 Å². The van der Waals surface area contributed by atoms with Crippen molar-refractivity contribution in [1.29, 1.82) is 0 Å². The van der Waals surface area contributed by atoms with Crippen molar-refractivity contribution in [2.75, 3.05) is 39.9 Å². The summed E-state index contributed by atoms with van der Waals surface area (Å²) in [5, 5.41) is 3.47. The van der Waals surface area contributed by atoms with E-state index >= 15 is 0 Å². The van der Waals surface area contributed by atoms with E-state index in [0.29, 0.717) is 6.04 Å². The molecule has 0 aromatic carbocycles. The Labute approximate surface area is 102 Å². The lowest BCUT2D eigenvalue weighted by molar-refractivity contribution is -0.0848. The highest BCUT2D eigenvalue weighted by Gasteiger charge is 2.45. The highest BCUT2D eigenvalue weighted by molar-refractivity contribution is 5.18. The Hall–Kier alpha value is -0.840. The molecule has 0 radical (unpaired) electrons. The molecule has 1 aromatic heterocycles. The molecule has 2 aliphatic rings. The van der Waals surface area contributed by atoms with E-state index in [1.165, 1.54) is 0 Å². The van der Waals surface area contributed by atoms with E-state index in [1.807, 2.05) is 6.07 Å². The molecule has 3 heterocycles. The van der Waals surface area contributed by atoms with Crippen LogP contribution in [0.3, 0.4) is 0 Å². The maximum atomic E-state index is 5.60. The van der Waals surface area contributed by atoms with Gasteiger partial charge < -0.3 is 19.4 Å². The van der Waals surface area contributed by atoms with Gasteiger partial charge in [0.15, 0.2) is 0 Å². The van der Waals surface area contributed by atoms with Crippen LogP contribution in [-0.2, 0) is 10.2 Å². The fraction of sp³-hybridized carbons (Fsp3) is 0.692. The minimum Gasteiger partial charge on any atom is -0.469 e. The molecule has 1 N–H and O–H groups in total. The van der Waals surface area contributed by atoms with Crippen LogP contribution in [0.5, 0.6) is 0 Å². The minimum absolute atomic E-state index is 0.113. The zero-order valence-corrected chi connectivity index (χ0v) is 10.3. The maximum absolute atomic E-state index is 5.60. The average molecular weight is 236 g/mol. The molecule has 1 aromatic rings. The van der Waals surface area contributed by atoms with Gasteiger partial charge in [-0.2, -0.15) is 0 Å². The molecule has 2 fully saturated rings. The molecule has 0 amide bonds. The van der Waals surface area contributed by atoms with Gasteiger partial charge in [0.1, 0.15) is 5.76 Å². The molecular weight excluding hydrogens is 216 g/mol. The highest BCUT2D eigenvalue weighted by Crippen LogP contribution is 2.38. The Bertz CT molecular complexity index is 360. The van der Waals surface area contributed by atoms with Crippen molar-refractivity contribution < 1.29 is 9.15 Å². The predicted octanol–water partition coefficient (Wildman–Crippen LogP) is 0.841. The molecule has 2 aliphatic heterocycles. The summed E-state index contributed by atoms with van der Waals surface area (Å²) in [5.41, 5.74) is 0.113. The summed E-state index contributed by atoms with van der Waals surface area (Å²) < 4.78 is 11.0. The quantitative estimate of drug-likeness (QED) is 0.844. The number of likely N-dealkylation sites (N-methyl/N-ethyl adjacent to an activating group) is 1. The summed E-state index contributed by atoms with van der Waals surface area (Å²) in [4.78, 5) is 2.44. The van der Waals surface area contributed by atoms with Gasteiger partial charge in [-0.3, -0.25) is 0 Å². The maximum Gasteiger partial charge on any atom is 0.114 e. The van der Waals surface area contributed by atoms with E-state index < -0.39 is 0 Å². The largest absolute Gasteiger partial charge is 0.469 e. The summed E-state index contributed by atoms with van der Waals surface area (Å²) in [5.74, 6) is 1.09. The molecule has 94 valence electrons. The van der Waals surface area contributed by atoms with Crippen LogP contribution in [-0.4, -0.2) is 50.8 Å². The zero-order valence-electron chi connectivity index (χ0n) is 10.3. The summed E-state index contributed by atoms with van der Waals surface area (Å²) in [7, 11) is 2.21. The van der Waals surface area contributed by atoms with E-state index in [-0.39, 0.29) is 5.41 Å². The third-order valence-corrected chi connectivity index (χ3v) is 4.07. The van der Waals surface area contributed by atoms with Crippen LogP contribution >= 0.6 is 0 Å². The van der Waals surface area contributed by atoms with E-state index in [2.05, 4.69) is 23.3 Å². The van der Waals surface area contributed by atoms with Gasteiger partial charge in [0.2, 0.25) is 0 Å². The van der Waals surface area contributed by atoms with Gasteiger partial charge >= 0.3 is 0 Å². The van der Waals surface area contributed by atoms with Crippen molar-refractivity contribution in [3.05, 3.63) is 24.2 Å². The normalized spacial score (nSPS) is 28.9. The summed E-state index contributed by atoms with van der Waals surface area (Å²) in [6.45, 7) is 4.88. The van der Waals surface area contributed by atoms with Crippen LogP contribution in [0.15, 0.2) is 22.8 Å². The van der Waals surface area contributed by atoms with Crippen LogP contribution in [0.25, 0.3) is 0 Å². The number of hydrogen-bond donors (Lipinski definition) is 1. The second kappa shape index (κ2) is 4.44. The fourth-order valence-electron chi connectivity index (χ4n) is 2.83. The van der Waals surface area contributed by atoms with Crippen molar-refractivity contribution in [2.45, 2.75) is 17.9 Å². The van der Waals surface area contributed by atoms with Crippen LogP contribution in [0.1, 0.15) is 12.2 Å². The van der Waals surface area contributed by atoms with Crippen molar-refractivity contribution >= 4 is 0 Å². The first-order chi connectivity index (χ1) is 8.30. The number of ether oxygens (including phenoxy) is 1. The lowest BCUT2D eigenvalue weighted by Gasteiger charge is -2.45. The summed E-state index contributed by atoms with van der Waals surface area (Å²) >= 11 is 0. The molecule has 4 nitrogen and oxygen atoms in total. The second-order valence-electron chi connectivity index (χ2n) is 5.29. The average Bonchev–Trinajstić information content (AvgIpc) is 2.79. The number of nitrogens with one attached hydrogen (secondary N) is 1. The van der Waals surface area contributed by atoms with Crippen molar-refractivity contribution in [1.82, 2.24) is 10.2 Å². The van der Waals surface area contributed by atoms with Gasteiger partial charge in [0, 0.05) is 25.7 Å². The molecular formula is C13H20N2O2. The Morgan fingerprint density at radius 2 is 2.41 bits per heavy atom. The van der Waals surface area contributed by atoms with Gasteiger partial charge in [-0.15, -0.1) is 0 Å². The van der Waals surface area contributed by atoms with Gasteiger partial charge in [-0.05, 0) is 25.6 Å². The van der Waals surface area contributed by atoms with Crippen LogP contribution in [0, 0.1) is 0 Å². The van der Waals surface area contributed by atoms with E-state index in [0.717, 1.165) is 45.0 Å². The zero-order chi connectivity index (χ0) is 11.7. The lowest BCUT2D eigenvalue weighted by Crippen LogP contribution is -2.56. The third kappa shape index (κ3) is 2.01. The molecule has 3 rings (SSSR count). The van der Waals surface area contributed by atoms with Crippen LogP contribution in [0.4, 0.5) is 0 Å². The molecule has 1 unspecified atom stereocenters. The minimum atomic E-state index is 0.113. The topological polar surface area (TPSA) is 37.6 Å². The van der Waals surface area contributed by atoms with Gasteiger partial charge in [-0.25, -0.2) is 0 Å². The van der Waals surface area contributed by atoms with E-state index in [4.69, 9.17) is 9.15 Å². The Kier molecular flexibility index (Phi) is 2.94. The standard InChI is InChI=1S/C13H20N2O2/c1-15-5-4-14-8-11(15)7-13(9-16-10-13)12-3-2-6-17-12/h2-3,6,11,14H,4-5,7-10H2,1H3. The smallest absolute Gasteiger partial charge is 0.114 e. The second-order valence-corrected chi connectivity index (χ2v) is 5.29. The molecule has 0 spiro atoms.